The zero-order valence-electron chi connectivity index (χ0n) is 16.1. The minimum atomic E-state index is -0.0411. The van der Waals surface area contributed by atoms with E-state index in [9.17, 15) is 4.79 Å². The molecule has 0 saturated carbocycles. The Kier molecular flexibility index (Phi) is 5.86. The van der Waals surface area contributed by atoms with Crippen LogP contribution in [0.25, 0.3) is 22.3 Å². The van der Waals surface area contributed by atoms with Gasteiger partial charge in [0.2, 0.25) is 5.91 Å². The summed E-state index contributed by atoms with van der Waals surface area (Å²) in [4.78, 5) is 22.1. The molecule has 0 radical (unpaired) electrons. The smallest absolute Gasteiger partial charge is 0.230 e. The summed E-state index contributed by atoms with van der Waals surface area (Å²) in [6.45, 7) is 1.99. The fourth-order valence-corrected chi connectivity index (χ4v) is 3.92. The second kappa shape index (κ2) is 8.88. The van der Waals surface area contributed by atoms with E-state index in [2.05, 4.69) is 5.32 Å². The number of para-hydroxylation sites is 2. The van der Waals surface area contributed by atoms with Crippen molar-refractivity contribution in [2.75, 3.05) is 5.75 Å². The molecule has 29 heavy (non-hydrogen) atoms. The first-order valence-electron chi connectivity index (χ1n) is 9.50. The van der Waals surface area contributed by atoms with Crippen molar-refractivity contribution in [2.24, 2.45) is 0 Å². The molecule has 144 valence electrons. The van der Waals surface area contributed by atoms with Crippen LogP contribution < -0.4 is 5.32 Å². The highest BCUT2D eigenvalue weighted by Gasteiger charge is 2.15. The molecule has 1 atom stereocenters. The lowest BCUT2D eigenvalue weighted by Gasteiger charge is -2.14. The largest absolute Gasteiger partial charge is 0.349 e. The van der Waals surface area contributed by atoms with Crippen molar-refractivity contribution < 1.29 is 4.79 Å². The number of hydrogen-bond acceptors (Lipinski definition) is 4. The van der Waals surface area contributed by atoms with E-state index in [4.69, 9.17) is 9.97 Å². The zero-order valence-corrected chi connectivity index (χ0v) is 16.9. The van der Waals surface area contributed by atoms with Crippen LogP contribution in [0.2, 0.25) is 0 Å². The first-order chi connectivity index (χ1) is 14.2. The van der Waals surface area contributed by atoms with Gasteiger partial charge in [-0.2, -0.15) is 0 Å². The summed E-state index contributed by atoms with van der Waals surface area (Å²) >= 11 is 1.42. The monoisotopic (exact) mass is 399 g/mol. The molecule has 1 aromatic heterocycles. The Morgan fingerprint density at radius 1 is 0.862 bits per heavy atom. The number of nitrogens with zero attached hydrogens (tertiary/aromatic N) is 2. The zero-order chi connectivity index (χ0) is 20.1. The molecule has 0 fully saturated rings. The number of rotatable bonds is 6. The van der Waals surface area contributed by atoms with Gasteiger partial charge in [-0.3, -0.25) is 4.79 Å². The van der Waals surface area contributed by atoms with Crippen LogP contribution in [0.1, 0.15) is 18.5 Å². The summed E-state index contributed by atoms with van der Waals surface area (Å²) in [7, 11) is 0. The van der Waals surface area contributed by atoms with Gasteiger partial charge < -0.3 is 5.32 Å². The van der Waals surface area contributed by atoms with E-state index in [1.54, 1.807) is 0 Å². The third-order valence-electron chi connectivity index (χ3n) is 4.60. The van der Waals surface area contributed by atoms with Crippen LogP contribution in [-0.2, 0) is 4.79 Å². The molecule has 1 unspecified atom stereocenters. The standard InChI is InChI=1S/C24H21N3OS/c1-17(18-10-4-2-5-11-18)25-22(28)16-29-24-23(19-12-6-3-7-13-19)26-20-14-8-9-15-21(20)27-24/h2-15,17H,16H2,1H3,(H,25,28). The Bertz CT molecular complexity index is 1120. The number of fused-ring (bicyclic) bond motifs is 1. The molecule has 4 aromatic rings. The van der Waals surface area contributed by atoms with Gasteiger partial charge in [0.05, 0.1) is 22.8 Å². The van der Waals surface area contributed by atoms with Crippen LogP contribution in [0.3, 0.4) is 0 Å². The van der Waals surface area contributed by atoms with Gasteiger partial charge in [-0.1, -0.05) is 84.6 Å². The minimum absolute atomic E-state index is 0.0275. The van der Waals surface area contributed by atoms with Gasteiger partial charge in [-0.05, 0) is 24.6 Å². The van der Waals surface area contributed by atoms with Gasteiger partial charge in [-0.15, -0.1) is 0 Å². The third kappa shape index (κ3) is 4.63. The molecule has 4 nitrogen and oxygen atoms in total. The summed E-state index contributed by atoms with van der Waals surface area (Å²) in [5, 5.41) is 3.82. The normalized spacial score (nSPS) is 11.9. The molecule has 0 saturated heterocycles. The number of benzene rings is 3. The summed E-state index contributed by atoms with van der Waals surface area (Å²) < 4.78 is 0. The van der Waals surface area contributed by atoms with Gasteiger partial charge in [0.1, 0.15) is 10.7 Å². The maximum atomic E-state index is 12.5. The Hall–Kier alpha value is -3.18. The molecule has 1 amide bonds. The topological polar surface area (TPSA) is 54.9 Å². The van der Waals surface area contributed by atoms with Gasteiger partial charge in [-0.25, -0.2) is 9.97 Å². The van der Waals surface area contributed by atoms with Crippen LogP contribution in [0, 0.1) is 0 Å². The molecule has 3 aromatic carbocycles. The summed E-state index contributed by atoms with van der Waals surface area (Å²) in [5.41, 5.74) is 4.55. The van der Waals surface area contributed by atoms with Crippen molar-refractivity contribution >= 4 is 28.7 Å². The molecule has 0 aliphatic carbocycles. The van der Waals surface area contributed by atoms with Gasteiger partial charge in [0.25, 0.3) is 0 Å². The molecule has 1 N–H and O–H groups in total. The number of hydrogen-bond donors (Lipinski definition) is 1. The minimum Gasteiger partial charge on any atom is -0.349 e. The van der Waals surface area contributed by atoms with Crippen LogP contribution in [0.4, 0.5) is 0 Å². The summed E-state index contributed by atoms with van der Waals surface area (Å²) in [6, 6.07) is 27.7. The van der Waals surface area contributed by atoms with E-state index in [0.29, 0.717) is 0 Å². The first-order valence-corrected chi connectivity index (χ1v) is 10.5. The van der Waals surface area contributed by atoms with Gasteiger partial charge in [0, 0.05) is 5.56 Å². The number of carbonyl (C=O) groups is 1. The number of aromatic nitrogens is 2. The number of thioether (sulfide) groups is 1. The fraction of sp³-hybridized carbons (Fsp3) is 0.125. The number of nitrogens with one attached hydrogen (secondary N) is 1. The maximum absolute atomic E-state index is 12.5. The SMILES string of the molecule is CC(NC(=O)CSc1nc2ccccc2nc1-c1ccccc1)c1ccccc1. The van der Waals surface area contributed by atoms with Gasteiger partial charge >= 0.3 is 0 Å². The van der Waals surface area contributed by atoms with E-state index in [1.807, 2.05) is 91.9 Å². The van der Waals surface area contributed by atoms with E-state index in [1.165, 1.54) is 11.8 Å². The molecule has 0 bridgehead atoms. The van der Waals surface area contributed by atoms with Crippen molar-refractivity contribution in [3.05, 3.63) is 90.5 Å². The van der Waals surface area contributed by atoms with Crippen molar-refractivity contribution in [2.45, 2.75) is 18.0 Å². The fourth-order valence-electron chi connectivity index (χ4n) is 3.11. The molecule has 0 aliphatic rings. The van der Waals surface area contributed by atoms with Crippen LogP contribution >= 0.6 is 11.8 Å². The quantitative estimate of drug-likeness (QED) is 0.449. The molecule has 5 heteroatoms. The Balaban J connectivity index is 1.54. The lowest BCUT2D eigenvalue weighted by atomic mass is 10.1. The highest BCUT2D eigenvalue weighted by atomic mass is 32.2. The second-order valence-corrected chi connectivity index (χ2v) is 7.68. The predicted molar refractivity (Wildman–Crippen MR) is 119 cm³/mol. The van der Waals surface area contributed by atoms with E-state index < -0.39 is 0 Å². The molecule has 0 spiro atoms. The molecule has 1 heterocycles. The Morgan fingerprint density at radius 2 is 1.45 bits per heavy atom. The Labute approximate surface area is 174 Å². The van der Waals surface area contributed by atoms with Crippen molar-refractivity contribution in [3.63, 3.8) is 0 Å². The van der Waals surface area contributed by atoms with E-state index in [-0.39, 0.29) is 17.7 Å². The Morgan fingerprint density at radius 3 is 2.14 bits per heavy atom. The van der Waals surface area contributed by atoms with Crippen LogP contribution in [0.5, 0.6) is 0 Å². The summed E-state index contributed by atoms with van der Waals surface area (Å²) in [5.74, 6) is 0.254. The van der Waals surface area contributed by atoms with Crippen LogP contribution in [-0.4, -0.2) is 21.6 Å². The average molecular weight is 400 g/mol. The molecule has 4 rings (SSSR count). The average Bonchev–Trinajstić information content (AvgIpc) is 2.78. The lowest BCUT2D eigenvalue weighted by Crippen LogP contribution is -2.28. The predicted octanol–water partition coefficient (Wildman–Crippen LogP) is 5.27. The second-order valence-electron chi connectivity index (χ2n) is 6.72. The number of amides is 1. The molecular weight excluding hydrogens is 378 g/mol. The van der Waals surface area contributed by atoms with E-state index in [0.717, 1.165) is 32.9 Å². The van der Waals surface area contributed by atoms with Crippen molar-refractivity contribution in [1.82, 2.24) is 15.3 Å². The van der Waals surface area contributed by atoms with E-state index >= 15 is 0 Å². The molecular formula is C24H21N3OS. The lowest BCUT2D eigenvalue weighted by molar-refractivity contribution is -0.119. The first kappa shape index (κ1) is 19.2. The summed E-state index contributed by atoms with van der Waals surface area (Å²) in [6.07, 6.45) is 0. The van der Waals surface area contributed by atoms with Crippen molar-refractivity contribution in [1.29, 1.82) is 0 Å². The number of carbonyl (C=O) groups excluding carboxylic acids is 1. The van der Waals surface area contributed by atoms with Gasteiger partial charge in [0.15, 0.2) is 0 Å². The highest BCUT2D eigenvalue weighted by molar-refractivity contribution is 8.00. The highest BCUT2D eigenvalue weighted by Crippen LogP contribution is 2.30. The maximum Gasteiger partial charge on any atom is 0.230 e. The van der Waals surface area contributed by atoms with Crippen molar-refractivity contribution in [3.8, 4) is 11.3 Å². The third-order valence-corrected chi connectivity index (χ3v) is 5.57. The van der Waals surface area contributed by atoms with Crippen LogP contribution in [0.15, 0.2) is 90.0 Å². The molecule has 0 aliphatic heterocycles.